The number of ether oxygens (including phenoxy) is 1. The Morgan fingerprint density at radius 3 is 2.41 bits per heavy atom. The molecule has 6 nitrogen and oxygen atoms in total. The largest absolute Gasteiger partial charge is 0.488 e. The van der Waals surface area contributed by atoms with E-state index in [1.54, 1.807) is 36.4 Å². The van der Waals surface area contributed by atoms with Crippen LogP contribution in [0.2, 0.25) is 0 Å². The molecule has 0 fully saturated rings. The molecule has 0 radical (unpaired) electrons. The fourth-order valence-corrected chi connectivity index (χ4v) is 2.71. The van der Waals surface area contributed by atoms with Crippen LogP contribution in [-0.4, -0.2) is 11.4 Å². The molecule has 1 heterocycles. The van der Waals surface area contributed by atoms with Crippen LogP contribution in [-0.2, 0) is 0 Å². The van der Waals surface area contributed by atoms with E-state index in [0.29, 0.717) is 11.3 Å². The van der Waals surface area contributed by atoms with Gasteiger partial charge in [-0.1, -0.05) is 12.1 Å². The van der Waals surface area contributed by atoms with Crippen molar-refractivity contribution in [1.82, 2.24) is 0 Å². The second-order valence-corrected chi connectivity index (χ2v) is 7.03. The summed E-state index contributed by atoms with van der Waals surface area (Å²) >= 11 is 0. The lowest BCUT2D eigenvalue weighted by Gasteiger charge is -2.21. The zero-order valence-electron chi connectivity index (χ0n) is 15.2. The number of carbonyl (C=O) groups excluding carboxylic acids is 1. The number of hydrogen-bond donors (Lipinski definition) is 1. The van der Waals surface area contributed by atoms with Gasteiger partial charge in [0.15, 0.2) is 5.78 Å². The fourth-order valence-electron chi connectivity index (χ4n) is 2.71. The Labute approximate surface area is 155 Å². The van der Waals surface area contributed by atoms with Gasteiger partial charge in [0.25, 0.3) is 0 Å². The van der Waals surface area contributed by atoms with E-state index >= 15 is 0 Å². The first kappa shape index (κ1) is 18.2. The number of anilines is 1. The molecule has 0 spiro atoms. The highest BCUT2D eigenvalue weighted by Gasteiger charge is 2.20. The van der Waals surface area contributed by atoms with Crippen LogP contribution in [0, 0.1) is 11.3 Å². The van der Waals surface area contributed by atoms with Crippen LogP contribution >= 0.6 is 0 Å². The van der Waals surface area contributed by atoms with Gasteiger partial charge in [-0.2, -0.15) is 5.26 Å². The highest BCUT2D eigenvalue weighted by molar-refractivity contribution is 6.16. The third-order valence-corrected chi connectivity index (χ3v) is 3.84. The summed E-state index contributed by atoms with van der Waals surface area (Å²) < 4.78 is 11.1. The van der Waals surface area contributed by atoms with E-state index in [1.807, 2.05) is 20.8 Å². The predicted molar refractivity (Wildman–Crippen MR) is 102 cm³/mol. The minimum absolute atomic E-state index is 0.0639. The second kappa shape index (κ2) is 6.61. The predicted octanol–water partition coefficient (Wildman–Crippen LogP) is 3.66. The molecule has 1 aromatic heterocycles. The molecule has 6 heteroatoms. The van der Waals surface area contributed by atoms with Crippen LogP contribution in [0.15, 0.2) is 51.7 Å². The van der Waals surface area contributed by atoms with E-state index < -0.39 is 5.43 Å². The van der Waals surface area contributed by atoms with Gasteiger partial charge >= 0.3 is 0 Å². The van der Waals surface area contributed by atoms with E-state index in [1.165, 1.54) is 12.1 Å². The number of fused-ring (bicyclic) bond motifs is 1. The lowest BCUT2D eigenvalue weighted by molar-refractivity contribution is 0.104. The summed E-state index contributed by atoms with van der Waals surface area (Å²) in [5, 5.41) is 9.09. The third kappa shape index (κ3) is 3.53. The minimum Gasteiger partial charge on any atom is -0.488 e. The quantitative estimate of drug-likeness (QED) is 0.713. The summed E-state index contributed by atoms with van der Waals surface area (Å²) in [6, 6.07) is 13.1. The zero-order chi connectivity index (χ0) is 19.8. The SMILES string of the molecule is CC(C)(C)Oc1ccc(C(=O)c2cccc3oc(C#N)c(N)c(=O)c23)cc1. The maximum Gasteiger partial charge on any atom is 0.230 e. The lowest BCUT2D eigenvalue weighted by atomic mass is 9.99. The molecule has 0 aliphatic carbocycles. The maximum absolute atomic E-state index is 12.9. The number of rotatable bonds is 3. The van der Waals surface area contributed by atoms with Crippen LogP contribution in [0.5, 0.6) is 5.75 Å². The Bertz CT molecular complexity index is 1130. The van der Waals surface area contributed by atoms with Crippen molar-refractivity contribution >= 4 is 22.4 Å². The number of nitriles is 1. The van der Waals surface area contributed by atoms with Crippen LogP contribution in [0.4, 0.5) is 5.69 Å². The van der Waals surface area contributed by atoms with Crippen LogP contribution in [0.25, 0.3) is 11.0 Å². The molecule has 2 aromatic carbocycles. The molecule has 0 saturated carbocycles. The number of nitrogen functional groups attached to an aromatic ring is 1. The average Bonchev–Trinajstić information content (AvgIpc) is 2.63. The van der Waals surface area contributed by atoms with Crippen molar-refractivity contribution in [3.05, 3.63) is 69.6 Å². The molecule has 3 rings (SSSR count). The summed E-state index contributed by atoms with van der Waals surface area (Å²) in [5.41, 5.74) is 5.14. The zero-order valence-corrected chi connectivity index (χ0v) is 15.2. The summed E-state index contributed by atoms with van der Waals surface area (Å²) in [4.78, 5) is 25.5. The van der Waals surface area contributed by atoms with Gasteiger partial charge < -0.3 is 14.9 Å². The van der Waals surface area contributed by atoms with E-state index in [0.717, 1.165) is 0 Å². The first-order valence-corrected chi connectivity index (χ1v) is 8.30. The Morgan fingerprint density at radius 2 is 1.81 bits per heavy atom. The Kier molecular flexibility index (Phi) is 4.46. The van der Waals surface area contributed by atoms with Crippen molar-refractivity contribution < 1.29 is 13.9 Å². The topological polar surface area (TPSA) is 106 Å². The molecule has 2 N–H and O–H groups in total. The van der Waals surface area contributed by atoms with E-state index in [9.17, 15) is 9.59 Å². The van der Waals surface area contributed by atoms with Gasteiger partial charge in [-0.3, -0.25) is 9.59 Å². The molecule has 0 bridgehead atoms. The molecule has 3 aromatic rings. The molecule has 0 unspecified atom stereocenters. The summed E-state index contributed by atoms with van der Waals surface area (Å²) in [6.45, 7) is 5.80. The van der Waals surface area contributed by atoms with Crippen molar-refractivity contribution in [3.63, 3.8) is 0 Å². The number of nitrogens with two attached hydrogens (primary N) is 1. The average molecular weight is 362 g/mol. The van der Waals surface area contributed by atoms with Crippen molar-refractivity contribution in [1.29, 1.82) is 5.26 Å². The smallest absolute Gasteiger partial charge is 0.230 e. The standard InChI is InChI=1S/C21H18N2O4/c1-21(2,3)27-13-9-7-12(8-10-13)19(24)14-5-4-6-15-17(14)20(25)18(23)16(11-22)26-15/h4-10H,23H2,1-3H3. The van der Waals surface area contributed by atoms with Gasteiger partial charge in [-0.05, 0) is 51.1 Å². The van der Waals surface area contributed by atoms with E-state index in [4.69, 9.17) is 20.1 Å². The van der Waals surface area contributed by atoms with E-state index in [-0.39, 0.29) is 39.4 Å². The van der Waals surface area contributed by atoms with Crippen molar-refractivity contribution in [2.24, 2.45) is 0 Å². The molecule has 0 saturated heterocycles. The summed E-state index contributed by atoms with van der Waals surface area (Å²) in [6.07, 6.45) is 0. The normalized spacial score (nSPS) is 11.2. The first-order valence-electron chi connectivity index (χ1n) is 8.30. The van der Waals surface area contributed by atoms with Gasteiger partial charge in [0.1, 0.15) is 28.7 Å². The van der Waals surface area contributed by atoms with Crippen molar-refractivity contribution in [2.75, 3.05) is 5.73 Å². The summed E-state index contributed by atoms with van der Waals surface area (Å²) in [5.74, 6) is 0.0273. The van der Waals surface area contributed by atoms with Gasteiger partial charge in [-0.15, -0.1) is 0 Å². The number of nitrogens with zero attached hydrogens (tertiary/aromatic N) is 1. The Hall–Kier alpha value is -3.59. The molecule has 0 atom stereocenters. The van der Waals surface area contributed by atoms with Crippen LogP contribution < -0.4 is 15.9 Å². The Balaban J connectivity index is 2.08. The maximum atomic E-state index is 12.9. The third-order valence-electron chi connectivity index (χ3n) is 3.84. The highest BCUT2D eigenvalue weighted by atomic mass is 16.5. The number of carbonyl (C=O) groups is 1. The Morgan fingerprint density at radius 1 is 1.15 bits per heavy atom. The minimum atomic E-state index is -0.593. The molecule has 27 heavy (non-hydrogen) atoms. The number of hydrogen-bond acceptors (Lipinski definition) is 6. The molecular formula is C21H18N2O4. The molecule has 136 valence electrons. The summed E-state index contributed by atoms with van der Waals surface area (Å²) in [7, 11) is 0. The lowest BCUT2D eigenvalue weighted by Crippen LogP contribution is -2.22. The second-order valence-electron chi connectivity index (χ2n) is 7.03. The first-order chi connectivity index (χ1) is 12.7. The molecular weight excluding hydrogens is 344 g/mol. The number of benzene rings is 2. The fraction of sp³-hybridized carbons (Fsp3) is 0.190. The monoisotopic (exact) mass is 362 g/mol. The van der Waals surface area contributed by atoms with Gasteiger partial charge in [0, 0.05) is 11.1 Å². The van der Waals surface area contributed by atoms with Gasteiger partial charge in [-0.25, -0.2) is 0 Å². The molecule has 0 amide bonds. The van der Waals surface area contributed by atoms with E-state index in [2.05, 4.69) is 0 Å². The van der Waals surface area contributed by atoms with Crippen molar-refractivity contribution in [3.8, 4) is 11.8 Å². The van der Waals surface area contributed by atoms with Gasteiger partial charge in [0.2, 0.25) is 11.2 Å². The van der Waals surface area contributed by atoms with Crippen LogP contribution in [0.1, 0.15) is 42.5 Å². The molecule has 0 aliphatic rings. The highest BCUT2D eigenvalue weighted by Crippen LogP contribution is 2.24. The molecule has 0 aliphatic heterocycles. The van der Waals surface area contributed by atoms with Crippen molar-refractivity contribution in [2.45, 2.75) is 26.4 Å². The van der Waals surface area contributed by atoms with Crippen LogP contribution in [0.3, 0.4) is 0 Å². The number of ketones is 1. The van der Waals surface area contributed by atoms with Gasteiger partial charge in [0.05, 0.1) is 5.39 Å².